The number of hydrogen-bond acceptors (Lipinski definition) is 5. The van der Waals surface area contributed by atoms with Crippen LogP contribution < -0.4 is 5.32 Å². The fraction of sp³-hybridized carbons (Fsp3) is 0.533. The van der Waals surface area contributed by atoms with Crippen LogP contribution >= 0.6 is 0 Å². The lowest BCUT2D eigenvalue weighted by Gasteiger charge is -2.29. The van der Waals surface area contributed by atoms with Crippen LogP contribution in [-0.2, 0) is 11.3 Å². The summed E-state index contributed by atoms with van der Waals surface area (Å²) in [6.45, 7) is 5.04. The second-order valence-corrected chi connectivity index (χ2v) is 5.11. The van der Waals surface area contributed by atoms with Crippen molar-refractivity contribution >= 4 is 5.91 Å². The van der Waals surface area contributed by atoms with E-state index in [9.17, 15) is 4.79 Å². The summed E-state index contributed by atoms with van der Waals surface area (Å²) in [4.78, 5) is 20.4. The third-order valence-corrected chi connectivity index (χ3v) is 3.51. The van der Waals surface area contributed by atoms with Gasteiger partial charge in [0.15, 0.2) is 0 Å². The molecule has 1 fully saturated rings. The molecular weight excluding hydrogens is 266 g/mol. The molecule has 0 radical (unpaired) electrons. The smallest absolute Gasteiger partial charge is 0.237 e. The molecule has 6 nitrogen and oxygen atoms in total. The molecule has 1 aliphatic rings. The molecule has 0 bridgehead atoms. The number of carbonyl (C=O) groups excluding carboxylic acids is 1. The molecule has 1 aliphatic heterocycles. The maximum Gasteiger partial charge on any atom is 0.237 e. The zero-order valence-electron chi connectivity index (χ0n) is 12.2. The van der Waals surface area contributed by atoms with Crippen LogP contribution in [0.4, 0.5) is 0 Å². The number of amides is 1. The van der Waals surface area contributed by atoms with Gasteiger partial charge in [-0.25, -0.2) is 0 Å². The lowest BCUT2D eigenvalue weighted by molar-refractivity contribution is -0.133. The molecule has 1 amide bonds. The first-order chi connectivity index (χ1) is 10.3. The first kappa shape index (κ1) is 15.4. The van der Waals surface area contributed by atoms with Crippen molar-refractivity contribution in [2.75, 3.05) is 39.3 Å². The highest BCUT2D eigenvalue weighted by Crippen LogP contribution is 2.05. The second-order valence-electron chi connectivity index (χ2n) is 5.11. The Labute approximate surface area is 125 Å². The standard InChI is InChI=1S/C15H21N5O/c16-4-2-8-20(12-14-3-1-5-18-11-14)15(21)13-19-9-6-17-7-10-19/h1,3,5,11,17H,2,6-10,12-13H2. The van der Waals surface area contributed by atoms with E-state index in [0.29, 0.717) is 26.1 Å². The van der Waals surface area contributed by atoms with Gasteiger partial charge in [0.1, 0.15) is 0 Å². The molecule has 1 aromatic heterocycles. The van der Waals surface area contributed by atoms with Crippen molar-refractivity contribution in [1.29, 1.82) is 5.26 Å². The minimum atomic E-state index is 0.0796. The second kappa shape index (κ2) is 8.35. The number of rotatable bonds is 6. The lowest BCUT2D eigenvalue weighted by Crippen LogP contribution is -2.48. The SMILES string of the molecule is N#CCCN(Cc1cccnc1)C(=O)CN1CCNCC1. The Bertz CT molecular complexity index is 479. The molecule has 0 spiro atoms. The third kappa shape index (κ3) is 5.14. The maximum atomic E-state index is 12.5. The molecule has 0 atom stereocenters. The summed E-state index contributed by atoms with van der Waals surface area (Å²) >= 11 is 0. The third-order valence-electron chi connectivity index (χ3n) is 3.51. The average molecular weight is 287 g/mol. The zero-order valence-corrected chi connectivity index (χ0v) is 12.2. The van der Waals surface area contributed by atoms with Crippen molar-refractivity contribution in [2.45, 2.75) is 13.0 Å². The van der Waals surface area contributed by atoms with E-state index in [1.807, 2.05) is 12.1 Å². The normalized spacial score (nSPS) is 15.4. The van der Waals surface area contributed by atoms with Gasteiger partial charge >= 0.3 is 0 Å². The van der Waals surface area contributed by atoms with Crippen molar-refractivity contribution in [3.8, 4) is 6.07 Å². The number of nitrogens with one attached hydrogen (secondary N) is 1. The predicted molar refractivity (Wildman–Crippen MR) is 79.2 cm³/mol. The molecule has 2 heterocycles. The van der Waals surface area contributed by atoms with E-state index in [4.69, 9.17) is 5.26 Å². The van der Waals surface area contributed by atoms with Crippen LogP contribution in [0.1, 0.15) is 12.0 Å². The van der Waals surface area contributed by atoms with Crippen molar-refractivity contribution in [2.24, 2.45) is 0 Å². The largest absolute Gasteiger partial charge is 0.336 e. The van der Waals surface area contributed by atoms with Crippen LogP contribution in [0.5, 0.6) is 0 Å². The van der Waals surface area contributed by atoms with Crippen molar-refractivity contribution in [3.63, 3.8) is 0 Å². The first-order valence-electron chi connectivity index (χ1n) is 7.26. The molecule has 112 valence electrons. The Morgan fingerprint density at radius 2 is 2.29 bits per heavy atom. The van der Waals surface area contributed by atoms with Crippen molar-refractivity contribution < 1.29 is 4.79 Å². The Balaban J connectivity index is 1.94. The van der Waals surface area contributed by atoms with E-state index >= 15 is 0 Å². The highest BCUT2D eigenvalue weighted by molar-refractivity contribution is 5.78. The molecule has 2 rings (SSSR count). The van der Waals surface area contributed by atoms with Gasteiger partial charge in [-0.2, -0.15) is 5.26 Å². The molecule has 1 N–H and O–H groups in total. The van der Waals surface area contributed by atoms with E-state index in [0.717, 1.165) is 31.7 Å². The maximum absolute atomic E-state index is 12.5. The molecule has 0 unspecified atom stereocenters. The van der Waals surface area contributed by atoms with Gasteiger partial charge in [0.2, 0.25) is 5.91 Å². The molecule has 21 heavy (non-hydrogen) atoms. The number of piperazine rings is 1. The van der Waals surface area contributed by atoms with Crippen LogP contribution in [0, 0.1) is 11.3 Å². The fourth-order valence-corrected chi connectivity index (χ4v) is 2.35. The topological polar surface area (TPSA) is 72.3 Å². The van der Waals surface area contributed by atoms with Gasteiger partial charge in [-0.05, 0) is 11.6 Å². The average Bonchev–Trinajstić information content (AvgIpc) is 2.53. The number of nitriles is 1. The lowest BCUT2D eigenvalue weighted by atomic mass is 10.2. The van der Waals surface area contributed by atoms with Gasteiger partial charge in [0.05, 0.1) is 19.0 Å². The van der Waals surface area contributed by atoms with E-state index in [1.165, 1.54) is 0 Å². The van der Waals surface area contributed by atoms with Crippen LogP contribution in [0.15, 0.2) is 24.5 Å². The minimum Gasteiger partial charge on any atom is -0.336 e. The van der Waals surface area contributed by atoms with Crippen LogP contribution in [-0.4, -0.2) is 60.0 Å². The number of aromatic nitrogens is 1. The molecule has 6 heteroatoms. The quantitative estimate of drug-likeness (QED) is 0.811. The predicted octanol–water partition coefficient (Wildman–Crippen LogP) is 0.229. The van der Waals surface area contributed by atoms with Gasteiger partial charge in [-0.3, -0.25) is 14.7 Å². The van der Waals surface area contributed by atoms with Crippen LogP contribution in [0.2, 0.25) is 0 Å². The number of hydrogen-bond donors (Lipinski definition) is 1. The zero-order chi connectivity index (χ0) is 14.9. The molecule has 0 saturated carbocycles. The summed E-state index contributed by atoms with van der Waals surface area (Å²) in [6.07, 6.45) is 3.83. The van der Waals surface area contributed by atoms with E-state index in [1.54, 1.807) is 17.3 Å². The monoisotopic (exact) mass is 287 g/mol. The van der Waals surface area contributed by atoms with Gasteiger partial charge < -0.3 is 10.2 Å². The van der Waals surface area contributed by atoms with Gasteiger partial charge in [0.25, 0.3) is 0 Å². The molecule has 0 aliphatic carbocycles. The first-order valence-corrected chi connectivity index (χ1v) is 7.26. The van der Waals surface area contributed by atoms with Crippen LogP contribution in [0.25, 0.3) is 0 Å². The highest BCUT2D eigenvalue weighted by Gasteiger charge is 2.18. The van der Waals surface area contributed by atoms with Crippen molar-refractivity contribution in [1.82, 2.24) is 20.1 Å². The number of nitrogens with zero attached hydrogens (tertiary/aromatic N) is 4. The van der Waals surface area contributed by atoms with E-state index in [-0.39, 0.29) is 5.91 Å². The Hall–Kier alpha value is -1.97. The Kier molecular flexibility index (Phi) is 6.13. The number of pyridine rings is 1. The summed E-state index contributed by atoms with van der Waals surface area (Å²) < 4.78 is 0. The molecular formula is C15H21N5O. The molecule has 1 saturated heterocycles. The fourth-order valence-electron chi connectivity index (χ4n) is 2.35. The summed E-state index contributed by atoms with van der Waals surface area (Å²) in [6, 6.07) is 5.92. The molecule has 1 aromatic rings. The van der Waals surface area contributed by atoms with E-state index in [2.05, 4.69) is 21.3 Å². The van der Waals surface area contributed by atoms with E-state index < -0.39 is 0 Å². The van der Waals surface area contributed by atoms with Crippen LogP contribution in [0.3, 0.4) is 0 Å². The Morgan fingerprint density at radius 3 is 2.95 bits per heavy atom. The van der Waals surface area contributed by atoms with Gasteiger partial charge in [-0.15, -0.1) is 0 Å². The highest BCUT2D eigenvalue weighted by atomic mass is 16.2. The number of carbonyl (C=O) groups is 1. The van der Waals surface area contributed by atoms with Gasteiger partial charge in [0, 0.05) is 51.7 Å². The summed E-state index contributed by atoms with van der Waals surface area (Å²) in [5.41, 5.74) is 0.990. The summed E-state index contributed by atoms with van der Waals surface area (Å²) in [7, 11) is 0. The molecule has 0 aromatic carbocycles. The summed E-state index contributed by atoms with van der Waals surface area (Å²) in [5.74, 6) is 0.0796. The summed E-state index contributed by atoms with van der Waals surface area (Å²) in [5, 5.41) is 12.0. The van der Waals surface area contributed by atoms with Crippen molar-refractivity contribution in [3.05, 3.63) is 30.1 Å². The Morgan fingerprint density at radius 1 is 1.48 bits per heavy atom. The van der Waals surface area contributed by atoms with Gasteiger partial charge in [-0.1, -0.05) is 6.07 Å². The minimum absolute atomic E-state index is 0.0796.